The molecule has 1 aliphatic rings. The van der Waals surface area contributed by atoms with Crippen molar-refractivity contribution in [3.05, 3.63) is 56.7 Å². The van der Waals surface area contributed by atoms with Crippen LogP contribution < -0.4 is 9.47 Å². The highest BCUT2D eigenvalue weighted by molar-refractivity contribution is 14.1. The van der Waals surface area contributed by atoms with Crippen LogP contribution in [0.25, 0.3) is 0 Å². The van der Waals surface area contributed by atoms with E-state index in [4.69, 9.17) is 9.47 Å². The minimum absolute atomic E-state index is 0.699. The van der Waals surface area contributed by atoms with E-state index in [-0.39, 0.29) is 0 Å². The van der Waals surface area contributed by atoms with Gasteiger partial charge >= 0.3 is 0 Å². The van der Waals surface area contributed by atoms with Crippen LogP contribution in [-0.4, -0.2) is 25.6 Å². The van der Waals surface area contributed by atoms with Crippen LogP contribution in [-0.2, 0) is 6.42 Å². The van der Waals surface area contributed by atoms with Crippen LogP contribution in [0.3, 0.4) is 0 Å². The second kappa shape index (κ2) is 6.70. The molecule has 2 aromatic rings. The van der Waals surface area contributed by atoms with Crippen molar-refractivity contribution in [1.29, 1.82) is 0 Å². The lowest BCUT2D eigenvalue weighted by molar-refractivity contribution is 0.354. The highest BCUT2D eigenvalue weighted by atomic mass is 127. The van der Waals surface area contributed by atoms with E-state index in [0.29, 0.717) is 5.75 Å². The van der Waals surface area contributed by atoms with Crippen molar-refractivity contribution in [1.82, 2.24) is 0 Å². The molecule has 23 heavy (non-hydrogen) atoms. The Balaban J connectivity index is 2.25. The van der Waals surface area contributed by atoms with Crippen LogP contribution in [0.15, 0.2) is 46.6 Å². The molecule has 4 nitrogen and oxygen atoms in total. The summed E-state index contributed by atoms with van der Waals surface area (Å²) in [7, 11) is 3.29. The fraction of sp³-hybridized carbons (Fsp3) is 0.222. The van der Waals surface area contributed by atoms with Gasteiger partial charge in [-0.2, -0.15) is 5.10 Å². The van der Waals surface area contributed by atoms with Gasteiger partial charge in [-0.05, 0) is 53.3 Å². The second-order valence-electron chi connectivity index (χ2n) is 5.30. The Bertz CT molecular complexity index is 813. The van der Waals surface area contributed by atoms with Crippen LogP contribution in [0, 0.1) is 3.57 Å². The molecule has 3 rings (SSSR count). The van der Waals surface area contributed by atoms with Crippen molar-refractivity contribution in [2.45, 2.75) is 13.3 Å². The van der Waals surface area contributed by atoms with E-state index in [1.54, 1.807) is 14.2 Å². The SMILES string of the molecule is COc1cc2c(cc1OC)C(c1ccccc1I)=NN=C(C)C2. The molecule has 118 valence electrons. The Morgan fingerprint density at radius 3 is 2.35 bits per heavy atom. The van der Waals surface area contributed by atoms with Crippen molar-refractivity contribution in [3.63, 3.8) is 0 Å². The third kappa shape index (κ3) is 3.10. The molecule has 2 aromatic carbocycles. The fourth-order valence-electron chi connectivity index (χ4n) is 2.64. The summed E-state index contributed by atoms with van der Waals surface area (Å²) >= 11 is 2.33. The average molecular weight is 420 g/mol. The number of methoxy groups -OCH3 is 2. The Labute approximate surface area is 149 Å². The smallest absolute Gasteiger partial charge is 0.161 e. The monoisotopic (exact) mass is 420 g/mol. The summed E-state index contributed by atoms with van der Waals surface area (Å²) in [5.74, 6) is 1.42. The molecule has 0 N–H and O–H groups in total. The molecule has 1 heterocycles. The van der Waals surface area contributed by atoms with Crippen molar-refractivity contribution in [3.8, 4) is 11.5 Å². The highest BCUT2D eigenvalue weighted by Gasteiger charge is 2.20. The second-order valence-corrected chi connectivity index (χ2v) is 6.47. The normalized spacial score (nSPS) is 13.6. The standard InChI is InChI=1S/C18H17IN2O2/c1-11-8-12-9-16(22-2)17(23-3)10-14(12)18(21-20-11)13-6-4-5-7-15(13)19/h4-7,9-10H,8H2,1-3H3. The maximum atomic E-state index is 5.47. The molecule has 0 bridgehead atoms. The van der Waals surface area contributed by atoms with Gasteiger partial charge in [0.15, 0.2) is 11.5 Å². The zero-order valence-electron chi connectivity index (χ0n) is 13.3. The zero-order valence-corrected chi connectivity index (χ0v) is 15.4. The molecule has 0 fully saturated rings. The maximum absolute atomic E-state index is 5.47. The van der Waals surface area contributed by atoms with E-state index >= 15 is 0 Å². The highest BCUT2D eigenvalue weighted by Crippen LogP contribution is 2.33. The van der Waals surface area contributed by atoms with Gasteiger partial charge in [0.25, 0.3) is 0 Å². The molecule has 0 spiro atoms. The summed E-state index contributed by atoms with van der Waals surface area (Å²) in [5.41, 5.74) is 5.08. The van der Waals surface area contributed by atoms with Crippen molar-refractivity contribution < 1.29 is 9.47 Å². The van der Waals surface area contributed by atoms with Gasteiger partial charge in [0.1, 0.15) is 5.71 Å². The first-order chi connectivity index (χ1) is 11.1. The molecule has 0 saturated heterocycles. The van der Waals surface area contributed by atoms with Crippen LogP contribution in [0.5, 0.6) is 11.5 Å². The van der Waals surface area contributed by atoms with E-state index in [1.807, 2.05) is 31.2 Å². The largest absolute Gasteiger partial charge is 0.493 e. The van der Waals surface area contributed by atoms with Crippen molar-refractivity contribution in [2.24, 2.45) is 10.2 Å². The molecule has 0 atom stereocenters. The maximum Gasteiger partial charge on any atom is 0.161 e. The Morgan fingerprint density at radius 2 is 1.65 bits per heavy atom. The molecule has 0 amide bonds. The summed E-state index contributed by atoms with van der Waals surface area (Å²) in [6, 6.07) is 12.2. The number of fused-ring (bicyclic) bond motifs is 1. The number of nitrogens with zero attached hydrogens (tertiary/aromatic N) is 2. The lowest BCUT2D eigenvalue weighted by Gasteiger charge is -2.15. The molecule has 0 radical (unpaired) electrons. The summed E-state index contributed by atoms with van der Waals surface area (Å²) in [4.78, 5) is 0. The number of hydrogen-bond donors (Lipinski definition) is 0. The summed E-state index contributed by atoms with van der Waals surface area (Å²) in [6.45, 7) is 1.99. The molecule has 0 aromatic heterocycles. The van der Waals surface area contributed by atoms with E-state index < -0.39 is 0 Å². The third-order valence-corrected chi connectivity index (χ3v) is 4.70. The summed E-state index contributed by atoms with van der Waals surface area (Å²) in [5, 5.41) is 8.88. The van der Waals surface area contributed by atoms with E-state index in [9.17, 15) is 0 Å². The van der Waals surface area contributed by atoms with Crippen LogP contribution in [0.1, 0.15) is 23.6 Å². The fourth-order valence-corrected chi connectivity index (χ4v) is 3.28. The van der Waals surface area contributed by atoms with Crippen LogP contribution in [0.4, 0.5) is 0 Å². The predicted molar refractivity (Wildman–Crippen MR) is 101 cm³/mol. The first kappa shape index (κ1) is 16.0. The first-order valence-corrected chi connectivity index (χ1v) is 8.33. The first-order valence-electron chi connectivity index (χ1n) is 7.25. The van der Waals surface area contributed by atoms with Gasteiger partial charge in [-0.25, -0.2) is 0 Å². The minimum Gasteiger partial charge on any atom is -0.493 e. The van der Waals surface area contributed by atoms with Crippen molar-refractivity contribution >= 4 is 34.0 Å². The summed E-state index contributed by atoms with van der Waals surface area (Å²) in [6.07, 6.45) is 0.742. The van der Waals surface area contributed by atoms with Gasteiger partial charge in [-0.15, -0.1) is 5.10 Å². The lowest BCUT2D eigenvalue weighted by Crippen LogP contribution is -2.09. The topological polar surface area (TPSA) is 43.2 Å². The van der Waals surface area contributed by atoms with Crippen molar-refractivity contribution in [2.75, 3.05) is 14.2 Å². The van der Waals surface area contributed by atoms with Crippen LogP contribution >= 0.6 is 22.6 Å². The number of ether oxygens (including phenoxy) is 2. The van der Waals surface area contributed by atoms with Gasteiger partial charge < -0.3 is 9.47 Å². The Hall–Kier alpha value is -1.89. The molecule has 1 aliphatic heterocycles. The van der Waals surface area contributed by atoms with E-state index in [2.05, 4.69) is 44.9 Å². The van der Waals surface area contributed by atoms with E-state index in [0.717, 1.165) is 43.9 Å². The zero-order chi connectivity index (χ0) is 16.4. The third-order valence-electron chi connectivity index (χ3n) is 3.76. The Kier molecular flexibility index (Phi) is 4.66. The van der Waals surface area contributed by atoms with Gasteiger partial charge in [0.2, 0.25) is 0 Å². The molecule has 0 unspecified atom stereocenters. The van der Waals surface area contributed by atoms with Gasteiger partial charge in [0.05, 0.1) is 14.2 Å². The van der Waals surface area contributed by atoms with Gasteiger partial charge in [-0.1, -0.05) is 18.2 Å². The average Bonchev–Trinajstić information content (AvgIpc) is 2.72. The molecular weight excluding hydrogens is 403 g/mol. The molecule has 5 heteroatoms. The number of hydrogen-bond acceptors (Lipinski definition) is 4. The molecule has 0 saturated carbocycles. The van der Waals surface area contributed by atoms with E-state index in [1.165, 1.54) is 0 Å². The lowest BCUT2D eigenvalue weighted by atomic mass is 9.94. The Morgan fingerprint density at radius 1 is 0.957 bits per heavy atom. The number of rotatable bonds is 3. The molecule has 0 aliphatic carbocycles. The molecular formula is C18H17IN2O2. The summed E-state index contributed by atoms with van der Waals surface area (Å²) < 4.78 is 12.0. The quantitative estimate of drug-likeness (QED) is 0.703. The predicted octanol–water partition coefficient (Wildman–Crippen LogP) is 4.08. The van der Waals surface area contributed by atoms with Gasteiger partial charge in [0, 0.05) is 26.8 Å². The number of benzene rings is 2. The van der Waals surface area contributed by atoms with Gasteiger partial charge in [-0.3, -0.25) is 0 Å². The van der Waals surface area contributed by atoms with Crippen LogP contribution in [0.2, 0.25) is 0 Å². The minimum atomic E-state index is 0.699. The number of halogens is 1.